The number of likely N-dealkylation sites (tertiary alicyclic amines) is 1. The first-order chi connectivity index (χ1) is 8.85. The van der Waals surface area contributed by atoms with Crippen molar-refractivity contribution < 1.29 is 4.74 Å². The van der Waals surface area contributed by atoms with E-state index in [4.69, 9.17) is 10.5 Å². The van der Waals surface area contributed by atoms with E-state index in [0.29, 0.717) is 19.2 Å². The molecule has 0 saturated carbocycles. The van der Waals surface area contributed by atoms with E-state index < -0.39 is 0 Å². The van der Waals surface area contributed by atoms with Crippen molar-refractivity contribution in [1.29, 1.82) is 0 Å². The minimum Gasteiger partial charge on any atom is -0.380 e. The molecule has 0 aromatic heterocycles. The van der Waals surface area contributed by atoms with Crippen LogP contribution >= 0.6 is 0 Å². The van der Waals surface area contributed by atoms with E-state index in [2.05, 4.69) is 29.2 Å². The number of rotatable bonds is 5. The van der Waals surface area contributed by atoms with Gasteiger partial charge in [-0.15, -0.1) is 0 Å². The predicted octanol–water partition coefficient (Wildman–Crippen LogP) is 2.32. The first-order valence-corrected chi connectivity index (χ1v) is 6.87. The molecule has 1 aromatic rings. The van der Waals surface area contributed by atoms with Crippen LogP contribution in [0.4, 0.5) is 0 Å². The van der Waals surface area contributed by atoms with Crippen molar-refractivity contribution in [2.45, 2.75) is 31.9 Å². The number of hydrogen-bond acceptors (Lipinski definition) is 3. The van der Waals surface area contributed by atoms with Gasteiger partial charge in [0.05, 0.1) is 6.61 Å². The van der Waals surface area contributed by atoms with E-state index in [-0.39, 0.29) is 0 Å². The summed E-state index contributed by atoms with van der Waals surface area (Å²) in [7, 11) is 1.73. The van der Waals surface area contributed by atoms with Crippen LogP contribution in [0.3, 0.4) is 0 Å². The molecule has 0 spiro atoms. The normalized spacial score (nSPS) is 18.8. The maximum Gasteiger partial charge on any atom is 0.0713 e. The Balaban J connectivity index is 2.12. The molecule has 2 N–H and O–H groups in total. The van der Waals surface area contributed by atoms with E-state index in [1.165, 1.54) is 43.5 Å². The Morgan fingerprint density at radius 3 is 2.72 bits per heavy atom. The number of ether oxygens (including phenoxy) is 1. The van der Waals surface area contributed by atoms with E-state index in [1.54, 1.807) is 7.11 Å². The highest BCUT2D eigenvalue weighted by Gasteiger charge is 2.20. The highest BCUT2D eigenvalue weighted by Crippen LogP contribution is 2.24. The molecule has 1 saturated heterocycles. The summed E-state index contributed by atoms with van der Waals surface area (Å²) in [5.74, 6) is 0. The number of piperidine rings is 1. The maximum absolute atomic E-state index is 5.99. The summed E-state index contributed by atoms with van der Waals surface area (Å²) in [6, 6.07) is 9.00. The fourth-order valence-corrected chi connectivity index (χ4v) is 2.78. The van der Waals surface area contributed by atoms with Crippen molar-refractivity contribution >= 4 is 0 Å². The third kappa shape index (κ3) is 3.31. The minimum atomic E-state index is 0.363. The van der Waals surface area contributed by atoms with E-state index in [0.717, 1.165) is 0 Å². The van der Waals surface area contributed by atoms with Crippen LogP contribution in [-0.2, 0) is 11.3 Å². The Morgan fingerprint density at radius 1 is 1.28 bits per heavy atom. The molecule has 100 valence electrons. The van der Waals surface area contributed by atoms with Crippen molar-refractivity contribution in [1.82, 2.24) is 4.90 Å². The topological polar surface area (TPSA) is 38.5 Å². The lowest BCUT2D eigenvalue weighted by Crippen LogP contribution is -2.37. The lowest BCUT2D eigenvalue weighted by molar-refractivity contribution is 0.166. The Hall–Kier alpha value is -0.900. The number of nitrogens with two attached hydrogens (primary N) is 1. The molecule has 1 aliphatic rings. The van der Waals surface area contributed by atoms with Gasteiger partial charge >= 0.3 is 0 Å². The predicted molar refractivity (Wildman–Crippen MR) is 74.4 cm³/mol. The van der Waals surface area contributed by atoms with Gasteiger partial charge in [0.2, 0.25) is 0 Å². The SMILES string of the molecule is COCc1cccc(C(CN)N2CCCCC2)c1. The van der Waals surface area contributed by atoms with Crippen LogP contribution in [-0.4, -0.2) is 31.6 Å². The highest BCUT2D eigenvalue weighted by atomic mass is 16.5. The summed E-state index contributed by atoms with van der Waals surface area (Å²) < 4.78 is 5.20. The average molecular weight is 248 g/mol. The second-order valence-corrected chi connectivity index (χ2v) is 5.03. The Kier molecular flexibility index (Phi) is 5.17. The zero-order valence-corrected chi connectivity index (χ0v) is 11.3. The van der Waals surface area contributed by atoms with Gasteiger partial charge in [-0.2, -0.15) is 0 Å². The first kappa shape index (κ1) is 13.5. The highest BCUT2D eigenvalue weighted by molar-refractivity contribution is 5.26. The van der Waals surface area contributed by atoms with Gasteiger partial charge in [0.1, 0.15) is 0 Å². The molecule has 1 aromatic carbocycles. The van der Waals surface area contributed by atoms with Gasteiger partial charge in [-0.1, -0.05) is 30.7 Å². The largest absolute Gasteiger partial charge is 0.380 e. The molecule has 0 amide bonds. The van der Waals surface area contributed by atoms with Gasteiger partial charge in [0, 0.05) is 19.7 Å². The molecule has 1 heterocycles. The molecule has 3 nitrogen and oxygen atoms in total. The van der Waals surface area contributed by atoms with Crippen molar-refractivity contribution in [3.63, 3.8) is 0 Å². The van der Waals surface area contributed by atoms with Gasteiger partial charge in [0.15, 0.2) is 0 Å². The third-order valence-corrected chi connectivity index (χ3v) is 3.70. The van der Waals surface area contributed by atoms with Crippen LogP contribution in [0.5, 0.6) is 0 Å². The second-order valence-electron chi connectivity index (χ2n) is 5.03. The molecular formula is C15H24N2O. The van der Waals surface area contributed by atoms with E-state index in [1.807, 2.05) is 0 Å². The summed E-state index contributed by atoms with van der Waals surface area (Å²) in [5, 5.41) is 0. The molecule has 1 unspecified atom stereocenters. The quantitative estimate of drug-likeness (QED) is 0.869. The van der Waals surface area contributed by atoms with E-state index >= 15 is 0 Å². The Labute approximate surface area is 110 Å². The van der Waals surface area contributed by atoms with Gasteiger partial charge in [-0.3, -0.25) is 4.90 Å². The van der Waals surface area contributed by atoms with Gasteiger partial charge in [-0.25, -0.2) is 0 Å². The number of methoxy groups -OCH3 is 1. The second kappa shape index (κ2) is 6.88. The maximum atomic E-state index is 5.99. The van der Waals surface area contributed by atoms with Crippen molar-refractivity contribution in [3.05, 3.63) is 35.4 Å². The van der Waals surface area contributed by atoms with Crippen LogP contribution in [0.25, 0.3) is 0 Å². The zero-order valence-electron chi connectivity index (χ0n) is 11.3. The average Bonchev–Trinajstić information content (AvgIpc) is 2.42. The summed E-state index contributed by atoms with van der Waals surface area (Å²) >= 11 is 0. The fraction of sp³-hybridized carbons (Fsp3) is 0.600. The standard InChI is InChI=1S/C15H24N2O/c1-18-12-13-6-5-7-14(10-13)15(11-16)17-8-3-2-4-9-17/h5-7,10,15H,2-4,8-9,11-12,16H2,1H3. The molecule has 2 rings (SSSR count). The molecular weight excluding hydrogens is 224 g/mol. The number of hydrogen-bond donors (Lipinski definition) is 1. The molecule has 3 heteroatoms. The first-order valence-electron chi connectivity index (χ1n) is 6.87. The van der Waals surface area contributed by atoms with Crippen LogP contribution in [0.15, 0.2) is 24.3 Å². The molecule has 1 fully saturated rings. The summed E-state index contributed by atoms with van der Waals surface area (Å²) in [4.78, 5) is 2.52. The Morgan fingerprint density at radius 2 is 2.06 bits per heavy atom. The number of benzene rings is 1. The minimum absolute atomic E-state index is 0.363. The van der Waals surface area contributed by atoms with Gasteiger partial charge in [0.25, 0.3) is 0 Å². The molecule has 1 atom stereocenters. The van der Waals surface area contributed by atoms with Gasteiger partial charge < -0.3 is 10.5 Å². The molecule has 0 radical (unpaired) electrons. The molecule has 18 heavy (non-hydrogen) atoms. The number of nitrogens with zero attached hydrogens (tertiary/aromatic N) is 1. The monoisotopic (exact) mass is 248 g/mol. The van der Waals surface area contributed by atoms with Crippen LogP contribution in [0, 0.1) is 0 Å². The smallest absolute Gasteiger partial charge is 0.0713 e. The van der Waals surface area contributed by atoms with Crippen LogP contribution in [0.2, 0.25) is 0 Å². The zero-order chi connectivity index (χ0) is 12.8. The third-order valence-electron chi connectivity index (χ3n) is 3.70. The fourth-order valence-electron chi connectivity index (χ4n) is 2.78. The lowest BCUT2D eigenvalue weighted by Gasteiger charge is -2.34. The summed E-state index contributed by atoms with van der Waals surface area (Å²) in [6.45, 7) is 3.72. The van der Waals surface area contributed by atoms with Crippen LogP contribution in [0.1, 0.15) is 36.4 Å². The van der Waals surface area contributed by atoms with Crippen molar-refractivity contribution in [3.8, 4) is 0 Å². The Bertz CT molecular complexity index is 361. The molecule has 0 bridgehead atoms. The summed E-state index contributed by atoms with van der Waals surface area (Å²) in [6.07, 6.45) is 3.96. The van der Waals surface area contributed by atoms with Crippen molar-refractivity contribution in [2.24, 2.45) is 5.73 Å². The van der Waals surface area contributed by atoms with Crippen LogP contribution < -0.4 is 5.73 Å². The molecule has 0 aliphatic carbocycles. The van der Waals surface area contributed by atoms with Gasteiger partial charge in [-0.05, 0) is 37.1 Å². The summed E-state index contributed by atoms with van der Waals surface area (Å²) in [5.41, 5.74) is 8.54. The van der Waals surface area contributed by atoms with E-state index in [9.17, 15) is 0 Å². The lowest BCUT2D eigenvalue weighted by atomic mass is 10.00. The molecule has 1 aliphatic heterocycles. The van der Waals surface area contributed by atoms with Crippen molar-refractivity contribution in [2.75, 3.05) is 26.7 Å².